The molecule has 0 atom stereocenters. The first-order chi connectivity index (χ1) is 8.86. The molecule has 1 spiro atoms. The van der Waals surface area contributed by atoms with E-state index in [0.29, 0.717) is 5.41 Å². The molecule has 3 rings (SSSR count). The van der Waals surface area contributed by atoms with Crippen molar-refractivity contribution in [2.24, 2.45) is 10.4 Å². The molecule has 5 heteroatoms. The third-order valence-electron chi connectivity index (χ3n) is 3.86. The van der Waals surface area contributed by atoms with Gasteiger partial charge in [-0.1, -0.05) is 31.0 Å². The predicted molar refractivity (Wildman–Crippen MR) is 79.2 cm³/mol. The molecule has 1 saturated carbocycles. The molecule has 1 N–H and O–H groups in total. The first-order valence-corrected chi connectivity index (χ1v) is 8.52. The van der Waals surface area contributed by atoms with Gasteiger partial charge in [0.25, 0.3) is 0 Å². The summed E-state index contributed by atoms with van der Waals surface area (Å²) in [6, 6.07) is 0. The average Bonchev–Trinajstić information content (AvgIpc) is 2.93. The maximum Gasteiger partial charge on any atom is 0.156 e. The Hall–Kier alpha value is -0.550. The van der Waals surface area contributed by atoms with Crippen LogP contribution < -0.4 is 5.32 Å². The van der Waals surface area contributed by atoms with E-state index in [4.69, 9.17) is 4.99 Å². The highest BCUT2D eigenvalue weighted by atomic mass is 32.2. The fraction of sp³-hybridized carbons (Fsp3) is 0.692. The molecule has 0 aromatic carbocycles. The molecule has 0 saturated heterocycles. The molecule has 0 unspecified atom stereocenters. The summed E-state index contributed by atoms with van der Waals surface area (Å²) >= 11 is 3.60. The zero-order valence-corrected chi connectivity index (χ0v) is 12.2. The van der Waals surface area contributed by atoms with Gasteiger partial charge in [0, 0.05) is 23.9 Å². The first kappa shape index (κ1) is 12.5. The Morgan fingerprint density at radius 3 is 2.83 bits per heavy atom. The number of aliphatic imine (C=N–C) groups is 1. The fourth-order valence-corrected chi connectivity index (χ4v) is 4.46. The van der Waals surface area contributed by atoms with Crippen molar-refractivity contribution < 1.29 is 0 Å². The Morgan fingerprint density at radius 2 is 2.17 bits per heavy atom. The Balaban J connectivity index is 1.53. The van der Waals surface area contributed by atoms with Crippen LogP contribution in [0.1, 0.15) is 37.1 Å². The highest BCUT2D eigenvalue weighted by Crippen LogP contribution is 2.41. The van der Waals surface area contributed by atoms with Gasteiger partial charge in [0.2, 0.25) is 0 Å². The van der Waals surface area contributed by atoms with Crippen molar-refractivity contribution >= 4 is 28.3 Å². The maximum absolute atomic E-state index is 4.75. The number of hydrogen-bond donors (Lipinski definition) is 1. The second-order valence-corrected chi connectivity index (χ2v) is 7.19. The van der Waals surface area contributed by atoms with Crippen molar-refractivity contribution in [1.29, 1.82) is 0 Å². The van der Waals surface area contributed by atoms with E-state index in [2.05, 4.69) is 10.3 Å². The average molecular weight is 281 g/mol. The van der Waals surface area contributed by atoms with E-state index in [1.807, 2.05) is 23.3 Å². The van der Waals surface area contributed by atoms with E-state index >= 15 is 0 Å². The van der Waals surface area contributed by atoms with Gasteiger partial charge in [-0.2, -0.15) is 0 Å². The number of thiazole rings is 1. The smallest absolute Gasteiger partial charge is 0.156 e. The molecule has 18 heavy (non-hydrogen) atoms. The number of nitrogens with zero attached hydrogens (tertiary/aromatic N) is 2. The van der Waals surface area contributed by atoms with E-state index in [1.54, 1.807) is 11.3 Å². The lowest BCUT2D eigenvalue weighted by atomic mass is 9.75. The molecule has 1 aliphatic heterocycles. The molecule has 0 amide bonds. The molecule has 3 nitrogen and oxygen atoms in total. The van der Waals surface area contributed by atoms with Gasteiger partial charge in [-0.3, -0.25) is 4.99 Å². The van der Waals surface area contributed by atoms with Crippen molar-refractivity contribution in [2.75, 3.05) is 12.3 Å². The summed E-state index contributed by atoms with van der Waals surface area (Å²) < 4.78 is 0. The van der Waals surface area contributed by atoms with Crippen LogP contribution in [0.2, 0.25) is 0 Å². The lowest BCUT2D eigenvalue weighted by molar-refractivity contribution is 0.232. The zero-order chi connectivity index (χ0) is 12.3. The van der Waals surface area contributed by atoms with Crippen LogP contribution in [0.4, 0.5) is 0 Å². The van der Waals surface area contributed by atoms with Crippen molar-refractivity contribution in [3.63, 3.8) is 0 Å². The Kier molecular flexibility index (Phi) is 3.89. The highest BCUT2D eigenvalue weighted by Gasteiger charge is 2.34. The van der Waals surface area contributed by atoms with Crippen LogP contribution in [0.5, 0.6) is 0 Å². The monoisotopic (exact) mass is 281 g/mol. The van der Waals surface area contributed by atoms with E-state index in [1.165, 1.54) is 37.9 Å². The minimum Gasteiger partial charge on any atom is -0.358 e. The van der Waals surface area contributed by atoms with Gasteiger partial charge in [-0.25, -0.2) is 4.98 Å². The summed E-state index contributed by atoms with van der Waals surface area (Å²) in [7, 11) is 0. The van der Waals surface area contributed by atoms with Gasteiger partial charge in [-0.15, -0.1) is 11.3 Å². The standard InChI is InChI=1S/C13H19N3S2/c1-2-4-13(5-3-1)9-16-12(18-10-13)15-8-11-14-6-7-17-11/h6-7H,1-5,8-10H2,(H,15,16). The highest BCUT2D eigenvalue weighted by molar-refractivity contribution is 8.13. The summed E-state index contributed by atoms with van der Waals surface area (Å²) in [5, 5.41) is 7.67. The van der Waals surface area contributed by atoms with E-state index in [9.17, 15) is 0 Å². The van der Waals surface area contributed by atoms with Crippen molar-refractivity contribution in [3.05, 3.63) is 16.6 Å². The van der Waals surface area contributed by atoms with Gasteiger partial charge in [0.15, 0.2) is 5.17 Å². The predicted octanol–water partition coefficient (Wildman–Crippen LogP) is 3.29. The van der Waals surface area contributed by atoms with Gasteiger partial charge in [0.05, 0.1) is 6.54 Å². The van der Waals surface area contributed by atoms with Gasteiger partial charge in [0.1, 0.15) is 5.01 Å². The van der Waals surface area contributed by atoms with Crippen LogP contribution in [-0.4, -0.2) is 22.4 Å². The molecular weight excluding hydrogens is 262 g/mol. The van der Waals surface area contributed by atoms with E-state index < -0.39 is 0 Å². The van der Waals surface area contributed by atoms with Crippen LogP contribution in [0.3, 0.4) is 0 Å². The number of rotatable bonds is 2. The largest absolute Gasteiger partial charge is 0.358 e. The second-order valence-electron chi connectivity index (χ2n) is 5.25. The summed E-state index contributed by atoms with van der Waals surface area (Å²) in [5.74, 6) is 1.25. The topological polar surface area (TPSA) is 37.3 Å². The van der Waals surface area contributed by atoms with Crippen molar-refractivity contribution in [3.8, 4) is 0 Å². The fourth-order valence-electron chi connectivity index (χ4n) is 2.75. The summed E-state index contributed by atoms with van der Waals surface area (Å²) in [4.78, 5) is 9.03. The number of nitrogens with one attached hydrogen (secondary N) is 1. The van der Waals surface area contributed by atoms with Crippen LogP contribution in [-0.2, 0) is 6.54 Å². The summed E-state index contributed by atoms with van der Waals surface area (Å²) in [5.41, 5.74) is 0.523. The Morgan fingerprint density at radius 1 is 1.28 bits per heavy atom. The number of amidine groups is 1. The number of hydrogen-bond acceptors (Lipinski definition) is 5. The van der Waals surface area contributed by atoms with Gasteiger partial charge < -0.3 is 5.32 Å². The van der Waals surface area contributed by atoms with Crippen LogP contribution in [0.15, 0.2) is 16.6 Å². The number of aromatic nitrogens is 1. The number of thioether (sulfide) groups is 1. The molecule has 0 radical (unpaired) electrons. The first-order valence-electron chi connectivity index (χ1n) is 6.66. The van der Waals surface area contributed by atoms with Crippen LogP contribution >= 0.6 is 23.1 Å². The Bertz CT molecular complexity index is 408. The third-order valence-corrected chi connectivity index (χ3v) is 5.94. The van der Waals surface area contributed by atoms with Crippen molar-refractivity contribution in [2.45, 2.75) is 38.6 Å². The van der Waals surface area contributed by atoms with E-state index in [0.717, 1.165) is 23.3 Å². The maximum atomic E-state index is 4.75. The van der Waals surface area contributed by atoms with Crippen molar-refractivity contribution in [1.82, 2.24) is 10.3 Å². The third kappa shape index (κ3) is 2.88. The molecule has 98 valence electrons. The molecule has 1 aromatic heterocycles. The molecule has 1 fully saturated rings. The molecule has 0 bridgehead atoms. The lowest BCUT2D eigenvalue weighted by Gasteiger charge is -2.38. The van der Waals surface area contributed by atoms with E-state index in [-0.39, 0.29) is 0 Å². The molecule has 1 aliphatic carbocycles. The van der Waals surface area contributed by atoms with Gasteiger partial charge >= 0.3 is 0 Å². The Labute approximate surface area is 116 Å². The summed E-state index contributed by atoms with van der Waals surface area (Å²) in [6.07, 6.45) is 8.84. The lowest BCUT2D eigenvalue weighted by Crippen LogP contribution is -2.36. The quantitative estimate of drug-likeness (QED) is 0.904. The zero-order valence-electron chi connectivity index (χ0n) is 10.5. The minimum absolute atomic E-state index is 0.523. The van der Waals surface area contributed by atoms with Crippen LogP contribution in [0.25, 0.3) is 0 Å². The molecule has 2 heterocycles. The minimum atomic E-state index is 0.523. The molecule has 2 aliphatic rings. The normalized spacial score (nSPS) is 22.8. The SMILES string of the molecule is c1csc(CNC2=NCC3(CCCCC3)CS2)n1. The van der Waals surface area contributed by atoms with Crippen LogP contribution in [0, 0.1) is 5.41 Å². The summed E-state index contributed by atoms with van der Waals surface area (Å²) in [6.45, 7) is 1.84. The molecular formula is C13H19N3S2. The second kappa shape index (κ2) is 5.61. The molecule has 1 aromatic rings. The van der Waals surface area contributed by atoms with Gasteiger partial charge in [-0.05, 0) is 18.3 Å².